The minimum absolute atomic E-state index is 0.0774. The van der Waals surface area contributed by atoms with Crippen molar-refractivity contribution in [3.05, 3.63) is 48.6 Å². The van der Waals surface area contributed by atoms with E-state index in [2.05, 4.69) is 69.4 Å². The van der Waals surface area contributed by atoms with Crippen LogP contribution < -0.4 is 0 Å². The van der Waals surface area contributed by atoms with Gasteiger partial charge in [-0.1, -0.05) is 256 Å². The molecular weight excluding hydrogens is 877 g/mol. The second kappa shape index (κ2) is 59.9. The molecule has 6 heteroatoms. The minimum atomic E-state index is -0.781. The molecule has 0 aliphatic rings. The maximum absolute atomic E-state index is 12.9. The van der Waals surface area contributed by atoms with Gasteiger partial charge in [-0.3, -0.25) is 14.4 Å². The number of carbonyl (C=O) groups is 3. The zero-order valence-electron chi connectivity index (χ0n) is 47.5. The highest BCUT2D eigenvalue weighted by molar-refractivity contribution is 5.71. The summed E-state index contributed by atoms with van der Waals surface area (Å²) in [5.74, 6) is -0.878. The van der Waals surface area contributed by atoms with E-state index < -0.39 is 6.10 Å². The van der Waals surface area contributed by atoms with Crippen LogP contribution in [0.3, 0.4) is 0 Å². The van der Waals surface area contributed by atoms with Gasteiger partial charge in [0.15, 0.2) is 6.10 Å². The van der Waals surface area contributed by atoms with Crippen molar-refractivity contribution in [3.8, 4) is 0 Å². The standard InChI is InChI=1S/C65H118O6/c1-4-7-10-13-16-19-22-25-28-30-32-34-37-40-43-46-49-52-55-58-64(67)70-61-62(60-69-63(66)57-54-51-48-45-42-39-36-27-24-21-18-15-12-9-6-3)71-65(68)59-56-53-50-47-44-41-38-35-33-31-29-26-23-20-17-14-11-8-5-2/h18,21,25-29,36,62H,4-17,19-20,22-24,30-35,37-61H2,1-3H3/b21-18-,28-25-,29-26-,36-27-. The zero-order valence-corrected chi connectivity index (χ0v) is 47.5. The molecule has 0 spiro atoms. The van der Waals surface area contributed by atoms with E-state index in [0.717, 1.165) is 77.0 Å². The molecule has 1 unspecified atom stereocenters. The molecule has 0 saturated heterocycles. The van der Waals surface area contributed by atoms with Gasteiger partial charge in [-0.05, 0) is 103 Å². The molecule has 0 aliphatic carbocycles. The Bertz CT molecular complexity index is 1230. The number of esters is 3. The normalized spacial score (nSPS) is 12.3. The van der Waals surface area contributed by atoms with Gasteiger partial charge in [-0.2, -0.15) is 0 Å². The van der Waals surface area contributed by atoms with Gasteiger partial charge >= 0.3 is 17.9 Å². The lowest BCUT2D eigenvalue weighted by molar-refractivity contribution is -0.167. The molecule has 0 heterocycles. The smallest absolute Gasteiger partial charge is 0.306 e. The van der Waals surface area contributed by atoms with Crippen LogP contribution in [0.2, 0.25) is 0 Å². The number of hydrogen-bond donors (Lipinski definition) is 0. The average Bonchev–Trinajstić information content (AvgIpc) is 3.37. The van der Waals surface area contributed by atoms with Crippen LogP contribution in [-0.2, 0) is 28.6 Å². The molecule has 414 valence electrons. The number of carbonyl (C=O) groups excluding carboxylic acids is 3. The van der Waals surface area contributed by atoms with E-state index >= 15 is 0 Å². The number of ether oxygens (including phenoxy) is 3. The highest BCUT2D eigenvalue weighted by atomic mass is 16.6. The summed E-state index contributed by atoms with van der Waals surface area (Å²) in [4.78, 5) is 38.3. The summed E-state index contributed by atoms with van der Waals surface area (Å²) >= 11 is 0. The number of hydrogen-bond acceptors (Lipinski definition) is 6. The number of rotatable bonds is 57. The predicted molar refractivity (Wildman–Crippen MR) is 307 cm³/mol. The Morgan fingerprint density at radius 3 is 0.817 bits per heavy atom. The summed E-state index contributed by atoms with van der Waals surface area (Å²) in [6, 6.07) is 0. The molecular formula is C65H118O6. The monoisotopic (exact) mass is 995 g/mol. The van der Waals surface area contributed by atoms with Crippen LogP contribution in [0.5, 0.6) is 0 Å². The first-order chi connectivity index (χ1) is 35.0. The second-order valence-corrected chi connectivity index (χ2v) is 21.0. The lowest BCUT2D eigenvalue weighted by Gasteiger charge is -2.18. The Hall–Kier alpha value is -2.63. The van der Waals surface area contributed by atoms with Crippen LogP contribution in [-0.4, -0.2) is 37.2 Å². The van der Waals surface area contributed by atoms with Gasteiger partial charge in [0.05, 0.1) is 0 Å². The first-order valence-corrected chi connectivity index (χ1v) is 31.1. The van der Waals surface area contributed by atoms with Crippen molar-refractivity contribution >= 4 is 17.9 Å². The summed E-state index contributed by atoms with van der Waals surface area (Å²) in [5.41, 5.74) is 0. The van der Waals surface area contributed by atoms with Gasteiger partial charge in [0.1, 0.15) is 13.2 Å². The molecule has 1 atom stereocenters. The SMILES string of the molecule is CCCCC/C=C\C/C=C\CCCCCCCC(=O)OCC(COC(=O)CCCCCCCCCCC/C=C\CCCCCCCC)OC(=O)CCCCCCCCCCC/C=C\CCCCCCCC. The highest BCUT2D eigenvalue weighted by Gasteiger charge is 2.19. The first-order valence-electron chi connectivity index (χ1n) is 31.1. The quantitative estimate of drug-likeness (QED) is 0.0261. The molecule has 0 bridgehead atoms. The van der Waals surface area contributed by atoms with Crippen molar-refractivity contribution in [3.63, 3.8) is 0 Å². The van der Waals surface area contributed by atoms with E-state index in [4.69, 9.17) is 14.2 Å². The molecule has 0 radical (unpaired) electrons. The van der Waals surface area contributed by atoms with Gasteiger partial charge in [0.25, 0.3) is 0 Å². The molecule has 0 saturated carbocycles. The third kappa shape index (κ3) is 58.1. The van der Waals surface area contributed by atoms with Crippen molar-refractivity contribution < 1.29 is 28.6 Å². The molecule has 6 nitrogen and oxygen atoms in total. The Kier molecular flexibility index (Phi) is 57.7. The molecule has 0 fully saturated rings. The maximum atomic E-state index is 12.9. The van der Waals surface area contributed by atoms with Crippen LogP contribution in [0.1, 0.15) is 329 Å². The molecule has 0 aromatic rings. The Morgan fingerprint density at radius 2 is 0.507 bits per heavy atom. The Balaban J connectivity index is 4.36. The summed E-state index contributed by atoms with van der Waals surface area (Å²) in [5, 5.41) is 0. The van der Waals surface area contributed by atoms with Gasteiger partial charge in [-0.25, -0.2) is 0 Å². The second-order valence-electron chi connectivity index (χ2n) is 21.0. The van der Waals surface area contributed by atoms with Crippen molar-refractivity contribution in [2.75, 3.05) is 13.2 Å². The molecule has 0 amide bonds. The summed E-state index contributed by atoms with van der Waals surface area (Å²) in [6.45, 7) is 6.63. The molecule has 0 aromatic heterocycles. The largest absolute Gasteiger partial charge is 0.462 e. The van der Waals surface area contributed by atoms with Gasteiger partial charge in [0, 0.05) is 19.3 Å². The van der Waals surface area contributed by atoms with Crippen molar-refractivity contribution in [2.24, 2.45) is 0 Å². The lowest BCUT2D eigenvalue weighted by atomic mass is 10.1. The highest BCUT2D eigenvalue weighted by Crippen LogP contribution is 2.16. The van der Waals surface area contributed by atoms with E-state index in [1.165, 1.54) is 212 Å². The number of unbranched alkanes of at least 4 members (excludes halogenated alkanes) is 38. The first kappa shape index (κ1) is 68.4. The fourth-order valence-electron chi connectivity index (χ4n) is 9.05. The third-order valence-corrected chi connectivity index (χ3v) is 13.8. The van der Waals surface area contributed by atoms with E-state index in [-0.39, 0.29) is 31.1 Å². The molecule has 0 rings (SSSR count). The van der Waals surface area contributed by atoms with E-state index in [9.17, 15) is 14.4 Å². The summed E-state index contributed by atoms with van der Waals surface area (Å²) in [7, 11) is 0. The van der Waals surface area contributed by atoms with Crippen molar-refractivity contribution in [1.29, 1.82) is 0 Å². The minimum Gasteiger partial charge on any atom is -0.462 e. The van der Waals surface area contributed by atoms with Gasteiger partial charge < -0.3 is 14.2 Å². The lowest BCUT2D eigenvalue weighted by Crippen LogP contribution is -2.30. The average molecular weight is 996 g/mol. The Morgan fingerprint density at radius 1 is 0.282 bits per heavy atom. The van der Waals surface area contributed by atoms with Crippen molar-refractivity contribution in [1.82, 2.24) is 0 Å². The summed E-state index contributed by atoms with van der Waals surface area (Å²) < 4.78 is 16.9. The fraction of sp³-hybridized carbons (Fsp3) is 0.831. The third-order valence-electron chi connectivity index (χ3n) is 13.8. The molecule has 0 N–H and O–H groups in total. The topological polar surface area (TPSA) is 78.9 Å². The molecule has 71 heavy (non-hydrogen) atoms. The number of allylic oxidation sites excluding steroid dienone is 8. The van der Waals surface area contributed by atoms with Crippen LogP contribution in [0.25, 0.3) is 0 Å². The fourth-order valence-corrected chi connectivity index (χ4v) is 9.05. The molecule has 0 aliphatic heterocycles. The van der Waals surface area contributed by atoms with E-state index in [1.54, 1.807) is 0 Å². The van der Waals surface area contributed by atoms with Crippen molar-refractivity contribution in [2.45, 2.75) is 335 Å². The van der Waals surface area contributed by atoms with Crippen LogP contribution in [0.15, 0.2) is 48.6 Å². The maximum Gasteiger partial charge on any atom is 0.306 e. The van der Waals surface area contributed by atoms with E-state index in [0.29, 0.717) is 19.3 Å². The van der Waals surface area contributed by atoms with Gasteiger partial charge in [-0.15, -0.1) is 0 Å². The van der Waals surface area contributed by atoms with Crippen LogP contribution in [0, 0.1) is 0 Å². The molecule has 0 aromatic carbocycles. The van der Waals surface area contributed by atoms with Crippen LogP contribution in [0.4, 0.5) is 0 Å². The van der Waals surface area contributed by atoms with Crippen LogP contribution >= 0.6 is 0 Å². The van der Waals surface area contributed by atoms with E-state index in [1.807, 2.05) is 0 Å². The summed E-state index contributed by atoms with van der Waals surface area (Å²) in [6.07, 6.45) is 73.9. The Labute approximate surface area is 441 Å². The predicted octanol–water partition coefficient (Wildman–Crippen LogP) is 21.0. The van der Waals surface area contributed by atoms with Gasteiger partial charge in [0.2, 0.25) is 0 Å². The zero-order chi connectivity index (χ0) is 51.4.